The van der Waals surface area contributed by atoms with Crippen molar-refractivity contribution in [1.29, 1.82) is 0 Å². The Labute approximate surface area is 77.7 Å². The van der Waals surface area contributed by atoms with Gasteiger partial charge in [-0.05, 0) is 19.9 Å². The molecule has 0 aliphatic carbocycles. The fraction of sp³-hybridized carbons (Fsp3) is 0.500. The van der Waals surface area contributed by atoms with Gasteiger partial charge >= 0.3 is 5.97 Å². The van der Waals surface area contributed by atoms with E-state index < -0.39 is 6.10 Å². The molecule has 72 valence electrons. The van der Waals surface area contributed by atoms with Crippen LogP contribution in [0, 0.1) is 0 Å². The van der Waals surface area contributed by atoms with Crippen molar-refractivity contribution in [2.24, 2.45) is 0 Å². The molecule has 0 aromatic rings. The molecule has 0 bridgehead atoms. The molecule has 0 saturated heterocycles. The summed E-state index contributed by atoms with van der Waals surface area (Å²) in [5.41, 5.74) is 1.62. The Morgan fingerprint density at radius 2 is 2.46 bits per heavy atom. The van der Waals surface area contributed by atoms with Gasteiger partial charge < -0.3 is 9.84 Å². The molecule has 1 unspecified atom stereocenters. The van der Waals surface area contributed by atoms with Crippen molar-refractivity contribution in [1.82, 2.24) is 0 Å². The van der Waals surface area contributed by atoms with Gasteiger partial charge in [-0.3, -0.25) is 0 Å². The fourth-order valence-corrected chi connectivity index (χ4v) is 1.23. The van der Waals surface area contributed by atoms with E-state index in [2.05, 4.69) is 0 Å². The summed E-state index contributed by atoms with van der Waals surface area (Å²) < 4.78 is 4.71. The highest BCUT2D eigenvalue weighted by atomic mass is 16.5. The second-order valence-electron chi connectivity index (χ2n) is 3.34. The normalized spacial score (nSPS) is 17.8. The van der Waals surface area contributed by atoms with Crippen LogP contribution in [0.2, 0.25) is 0 Å². The zero-order valence-electron chi connectivity index (χ0n) is 7.91. The van der Waals surface area contributed by atoms with Crippen molar-refractivity contribution in [2.75, 3.05) is 6.61 Å². The van der Waals surface area contributed by atoms with E-state index in [1.807, 2.05) is 13.8 Å². The van der Waals surface area contributed by atoms with Crippen molar-refractivity contribution in [3.05, 3.63) is 23.3 Å². The van der Waals surface area contributed by atoms with Crippen molar-refractivity contribution in [3.8, 4) is 0 Å². The molecule has 3 nitrogen and oxygen atoms in total. The molecule has 1 atom stereocenters. The smallest absolute Gasteiger partial charge is 0.334 e. The second kappa shape index (κ2) is 4.23. The van der Waals surface area contributed by atoms with Gasteiger partial charge in [0.05, 0.1) is 6.10 Å². The van der Waals surface area contributed by atoms with E-state index in [1.54, 1.807) is 12.2 Å². The highest BCUT2D eigenvalue weighted by Gasteiger charge is 2.18. The Morgan fingerprint density at radius 1 is 1.77 bits per heavy atom. The highest BCUT2D eigenvalue weighted by molar-refractivity contribution is 5.90. The number of rotatable bonds is 3. The van der Waals surface area contributed by atoms with Gasteiger partial charge in [-0.15, -0.1) is 0 Å². The lowest BCUT2D eigenvalue weighted by molar-refractivity contribution is -0.136. The molecule has 0 fully saturated rings. The summed E-state index contributed by atoms with van der Waals surface area (Å²) >= 11 is 0. The predicted octanol–water partition coefficient (Wildman–Crippen LogP) is 1.19. The third-order valence-electron chi connectivity index (χ3n) is 1.76. The number of cyclic esters (lactones) is 1. The Hall–Kier alpha value is -1.09. The van der Waals surface area contributed by atoms with Gasteiger partial charge in [0.1, 0.15) is 6.61 Å². The number of allylic oxidation sites excluding steroid dienone is 1. The molecule has 0 spiro atoms. The van der Waals surface area contributed by atoms with E-state index in [0.29, 0.717) is 18.6 Å². The fourth-order valence-electron chi connectivity index (χ4n) is 1.23. The van der Waals surface area contributed by atoms with E-state index in [4.69, 9.17) is 4.74 Å². The van der Waals surface area contributed by atoms with Gasteiger partial charge in [0.15, 0.2) is 0 Å². The first-order valence-electron chi connectivity index (χ1n) is 4.29. The summed E-state index contributed by atoms with van der Waals surface area (Å²) in [4.78, 5) is 11.0. The molecule has 1 aliphatic heterocycles. The standard InChI is InChI=1S/C10H14O3/c1-7(2)5-9(11)6-8-3-4-13-10(8)12/h3,5,9,11H,4,6H2,1-2H3. The predicted molar refractivity (Wildman–Crippen MR) is 49.1 cm³/mol. The van der Waals surface area contributed by atoms with E-state index in [0.717, 1.165) is 5.57 Å². The molecule has 0 saturated carbocycles. The molecule has 0 aromatic heterocycles. The average molecular weight is 182 g/mol. The quantitative estimate of drug-likeness (QED) is 0.526. The van der Waals surface area contributed by atoms with Crippen LogP contribution in [0.15, 0.2) is 23.3 Å². The molecular weight excluding hydrogens is 168 g/mol. The van der Waals surface area contributed by atoms with Crippen LogP contribution in [-0.2, 0) is 9.53 Å². The molecule has 13 heavy (non-hydrogen) atoms. The van der Waals surface area contributed by atoms with E-state index in [9.17, 15) is 9.90 Å². The monoisotopic (exact) mass is 182 g/mol. The van der Waals surface area contributed by atoms with E-state index >= 15 is 0 Å². The van der Waals surface area contributed by atoms with Crippen LogP contribution < -0.4 is 0 Å². The van der Waals surface area contributed by atoms with E-state index in [1.165, 1.54) is 0 Å². The summed E-state index contributed by atoms with van der Waals surface area (Å²) in [5, 5.41) is 9.47. The number of ether oxygens (including phenoxy) is 1. The summed E-state index contributed by atoms with van der Waals surface area (Å²) in [7, 11) is 0. The number of hydrogen-bond acceptors (Lipinski definition) is 3. The summed E-state index contributed by atoms with van der Waals surface area (Å²) in [6, 6.07) is 0. The van der Waals surface area contributed by atoms with Gasteiger partial charge in [-0.1, -0.05) is 11.6 Å². The van der Waals surface area contributed by atoms with Crippen molar-refractivity contribution in [2.45, 2.75) is 26.4 Å². The Balaban J connectivity index is 2.49. The van der Waals surface area contributed by atoms with Crippen LogP contribution in [0.5, 0.6) is 0 Å². The molecule has 1 N–H and O–H groups in total. The van der Waals surface area contributed by atoms with Crippen LogP contribution in [0.4, 0.5) is 0 Å². The first-order chi connectivity index (χ1) is 6.09. The Morgan fingerprint density at radius 3 is 2.92 bits per heavy atom. The molecule has 1 aliphatic rings. The van der Waals surface area contributed by atoms with Gasteiger partial charge in [0.25, 0.3) is 0 Å². The average Bonchev–Trinajstić information content (AvgIpc) is 2.34. The third-order valence-corrected chi connectivity index (χ3v) is 1.76. The molecule has 1 rings (SSSR count). The molecule has 0 radical (unpaired) electrons. The topological polar surface area (TPSA) is 46.5 Å². The summed E-state index contributed by atoms with van der Waals surface area (Å²) in [6.45, 7) is 4.16. The van der Waals surface area contributed by atoms with Crippen LogP contribution in [0.1, 0.15) is 20.3 Å². The zero-order valence-corrected chi connectivity index (χ0v) is 7.91. The molecule has 3 heteroatoms. The summed E-state index contributed by atoms with van der Waals surface area (Å²) in [5.74, 6) is -0.304. The second-order valence-corrected chi connectivity index (χ2v) is 3.34. The van der Waals surface area contributed by atoms with Gasteiger partial charge in [0.2, 0.25) is 0 Å². The lowest BCUT2D eigenvalue weighted by Crippen LogP contribution is -2.09. The lowest BCUT2D eigenvalue weighted by Gasteiger charge is -2.05. The molecule has 1 heterocycles. The Bertz CT molecular complexity index is 259. The molecular formula is C10H14O3. The molecule has 0 aromatic carbocycles. The molecule has 0 amide bonds. The minimum absolute atomic E-state index is 0.304. The minimum atomic E-state index is -0.582. The highest BCUT2D eigenvalue weighted by Crippen LogP contribution is 2.14. The SMILES string of the molecule is CC(C)=CC(O)CC1=CCOC1=O. The number of hydrogen-bond donors (Lipinski definition) is 1. The van der Waals surface area contributed by atoms with Crippen molar-refractivity contribution >= 4 is 5.97 Å². The van der Waals surface area contributed by atoms with Crippen molar-refractivity contribution in [3.63, 3.8) is 0 Å². The Kier molecular flexibility index (Phi) is 3.25. The zero-order chi connectivity index (χ0) is 9.84. The number of aliphatic hydroxyl groups excluding tert-OH is 1. The van der Waals surface area contributed by atoms with E-state index in [-0.39, 0.29) is 5.97 Å². The first-order valence-corrected chi connectivity index (χ1v) is 4.29. The maximum absolute atomic E-state index is 11.0. The number of carbonyl (C=O) groups is 1. The maximum atomic E-state index is 11.0. The maximum Gasteiger partial charge on any atom is 0.334 e. The summed E-state index contributed by atoms with van der Waals surface area (Å²) in [6.07, 6.45) is 3.21. The first kappa shape index (κ1) is 9.99. The largest absolute Gasteiger partial charge is 0.458 e. The number of aliphatic hydroxyl groups is 1. The number of esters is 1. The lowest BCUT2D eigenvalue weighted by atomic mass is 10.1. The van der Waals surface area contributed by atoms with Crippen LogP contribution in [-0.4, -0.2) is 23.8 Å². The van der Waals surface area contributed by atoms with Gasteiger partial charge in [-0.25, -0.2) is 4.79 Å². The van der Waals surface area contributed by atoms with Gasteiger partial charge in [0, 0.05) is 12.0 Å². The minimum Gasteiger partial charge on any atom is -0.458 e. The van der Waals surface area contributed by atoms with Crippen LogP contribution >= 0.6 is 0 Å². The van der Waals surface area contributed by atoms with Crippen LogP contribution in [0.3, 0.4) is 0 Å². The van der Waals surface area contributed by atoms with Gasteiger partial charge in [-0.2, -0.15) is 0 Å². The van der Waals surface area contributed by atoms with Crippen LogP contribution in [0.25, 0.3) is 0 Å². The van der Waals surface area contributed by atoms with Crippen molar-refractivity contribution < 1.29 is 14.6 Å². The third kappa shape index (κ3) is 3.03. The number of carbonyl (C=O) groups excluding carboxylic acids is 1.